The Morgan fingerprint density at radius 1 is 1.14 bits per heavy atom. The van der Waals surface area contributed by atoms with Gasteiger partial charge in [0, 0.05) is 36.4 Å². The van der Waals surface area contributed by atoms with E-state index in [0.29, 0.717) is 0 Å². The summed E-state index contributed by atoms with van der Waals surface area (Å²) >= 11 is 0. The van der Waals surface area contributed by atoms with Crippen molar-refractivity contribution in [2.24, 2.45) is 0 Å². The van der Waals surface area contributed by atoms with Crippen LogP contribution >= 0.6 is 0 Å². The fourth-order valence-corrected chi connectivity index (χ4v) is 2.66. The van der Waals surface area contributed by atoms with Crippen LogP contribution in [0, 0.1) is 6.92 Å². The van der Waals surface area contributed by atoms with Crippen molar-refractivity contribution >= 4 is 22.6 Å². The highest BCUT2D eigenvalue weighted by atomic mass is 16.2. The van der Waals surface area contributed by atoms with Gasteiger partial charge < -0.3 is 15.2 Å². The van der Waals surface area contributed by atoms with Crippen LogP contribution in [0.3, 0.4) is 0 Å². The molecular weight excluding hydrogens is 274 g/mol. The summed E-state index contributed by atoms with van der Waals surface area (Å²) in [6.45, 7) is 2.93. The number of nitrogens with zero attached hydrogens (tertiary/aromatic N) is 1. The maximum absolute atomic E-state index is 11.4. The number of carbonyl (C=O) groups excluding carboxylic acids is 1. The van der Waals surface area contributed by atoms with E-state index in [-0.39, 0.29) is 6.03 Å². The third kappa shape index (κ3) is 2.81. The highest BCUT2D eigenvalue weighted by Gasteiger charge is 2.08. The highest BCUT2D eigenvalue weighted by molar-refractivity contribution is 5.93. The largest absolute Gasteiger partial charge is 0.343 e. The molecule has 4 heteroatoms. The number of amides is 2. The van der Waals surface area contributed by atoms with E-state index >= 15 is 0 Å². The molecule has 1 aromatic heterocycles. The lowest BCUT2D eigenvalue weighted by Crippen LogP contribution is -2.24. The molecule has 2 amide bonds. The van der Waals surface area contributed by atoms with Gasteiger partial charge in [0.2, 0.25) is 0 Å². The number of anilines is 1. The molecule has 0 saturated carbocycles. The molecule has 0 atom stereocenters. The molecule has 0 bridgehead atoms. The van der Waals surface area contributed by atoms with E-state index < -0.39 is 0 Å². The molecule has 4 nitrogen and oxygen atoms in total. The van der Waals surface area contributed by atoms with Crippen LogP contribution in [-0.4, -0.2) is 17.6 Å². The Bertz CT molecular complexity index is 806. The predicted molar refractivity (Wildman–Crippen MR) is 90.3 cm³/mol. The predicted octanol–water partition coefficient (Wildman–Crippen LogP) is 3.75. The molecule has 0 aliphatic rings. The number of urea groups is 1. The van der Waals surface area contributed by atoms with E-state index in [0.717, 1.165) is 17.6 Å². The maximum atomic E-state index is 11.4. The fraction of sp³-hybridized carbons (Fsp3) is 0.167. The maximum Gasteiger partial charge on any atom is 0.318 e. The lowest BCUT2D eigenvalue weighted by atomic mass is 10.1. The minimum Gasteiger partial charge on any atom is -0.343 e. The van der Waals surface area contributed by atoms with Crippen molar-refractivity contribution in [3.63, 3.8) is 0 Å². The van der Waals surface area contributed by atoms with E-state index in [1.165, 1.54) is 16.6 Å². The molecule has 2 aromatic carbocycles. The Hall–Kier alpha value is -2.75. The molecule has 112 valence electrons. The summed E-state index contributed by atoms with van der Waals surface area (Å²) in [6.07, 6.45) is 2.15. The van der Waals surface area contributed by atoms with Crippen molar-refractivity contribution < 1.29 is 4.79 Å². The Labute approximate surface area is 129 Å². The Kier molecular flexibility index (Phi) is 3.83. The van der Waals surface area contributed by atoms with Crippen LogP contribution in [0.25, 0.3) is 10.9 Å². The first-order valence-electron chi connectivity index (χ1n) is 7.29. The molecule has 0 aliphatic heterocycles. The summed E-state index contributed by atoms with van der Waals surface area (Å²) in [6, 6.07) is 16.2. The van der Waals surface area contributed by atoms with Gasteiger partial charge in [-0.25, -0.2) is 4.79 Å². The molecule has 0 aliphatic carbocycles. The lowest BCUT2D eigenvalue weighted by molar-refractivity contribution is 0.254. The first-order chi connectivity index (χ1) is 10.7. The van der Waals surface area contributed by atoms with Crippen molar-refractivity contribution in [3.8, 4) is 0 Å². The number of aromatic nitrogens is 1. The minimum atomic E-state index is -0.208. The minimum absolute atomic E-state index is 0.208. The number of rotatable bonds is 3. The highest BCUT2D eigenvalue weighted by Crippen LogP contribution is 2.25. The number of hydrogen-bond acceptors (Lipinski definition) is 1. The van der Waals surface area contributed by atoms with Gasteiger partial charge in [-0.3, -0.25) is 0 Å². The summed E-state index contributed by atoms with van der Waals surface area (Å²) in [4.78, 5) is 11.4. The zero-order chi connectivity index (χ0) is 15.5. The van der Waals surface area contributed by atoms with E-state index in [2.05, 4.69) is 58.7 Å². The normalized spacial score (nSPS) is 10.6. The van der Waals surface area contributed by atoms with Crippen molar-refractivity contribution in [1.29, 1.82) is 0 Å². The Balaban J connectivity index is 1.95. The number of fused-ring (bicyclic) bond motifs is 1. The standard InChI is InChI=1S/C18H19N3O/c1-13-11-21(12-14-6-4-3-5-7-14)17-9-8-15(10-16(13)17)20-18(22)19-2/h3-11H,12H2,1-2H3,(H2,19,20,22). The van der Waals surface area contributed by atoms with Gasteiger partial charge in [-0.05, 0) is 36.2 Å². The topological polar surface area (TPSA) is 46.1 Å². The van der Waals surface area contributed by atoms with Gasteiger partial charge >= 0.3 is 6.03 Å². The van der Waals surface area contributed by atoms with Crippen molar-refractivity contribution in [2.75, 3.05) is 12.4 Å². The molecule has 0 radical (unpaired) electrons. The van der Waals surface area contributed by atoms with Gasteiger partial charge in [-0.2, -0.15) is 0 Å². The van der Waals surface area contributed by atoms with Crippen molar-refractivity contribution in [2.45, 2.75) is 13.5 Å². The average molecular weight is 293 g/mol. The van der Waals surface area contributed by atoms with Crippen molar-refractivity contribution in [1.82, 2.24) is 9.88 Å². The van der Waals surface area contributed by atoms with E-state index in [1.54, 1.807) is 7.05 Å². The average Bonchev–Trinajstić information content (AvgIpc) is 2.84. The first kappa shape index (κ1) is 14.2. The van der Waals surface area contributed by atoms with Crippen LogP contribution in [0.5, 0.6) is 0 Å². The molecule has 3 aromatic rings. The van der Waals surface area contributed by atoms with Crippen LogP contribution in [0.2, 0.25) is 0 Å². The number of hydrogen-bond donors (Lipinski definition) is 2. The quantitative estimate of drug-likeness (QED) is 0.759. The van der Waals surface area contributed by atoms with Gasteiger partial charge in [0.25, 0.3) is 0 Å². The molecule has 2 N–H and O–H groups in total. The molecule has 0 spiro atoms. The second-order valence-electron chi connectivity index (χ2n) is 5.36. The number of aryl methyl sites for hydroxylation is 1. The van der Waals surface area contributed by atoms with Crippen LogP contribution in [0.15, 0.2) is 54.7 Å². The SMILES string of the molecule is CNC(=O)Nc1ccc2c(c1)c(C)cn2Cc1ccccc1. The number of benzene rings is 2. The zero-order valence-electron chi connectivity index (χ0n) is 12.8. The van der Waals surface area contributed by atoms with Gasteiger partial charge in [-0.1, -0.05) is 30.3 Å². The fourth-order valence-electron chi connectivity index (χ4n) is 2.66. The monoisotopic (exact) mass is 293 g/mol. The van der Waals surface area contributed by atoms with Gasteiger partial charge in [-0.15, -0.1) is 0 Å². The van der Waals surface area contributed by atoms with Crippen LogP contribution < -0.4 is 10.6 Å². The lowest BCUT2D eigenvalue weighted by Gasteiger charge is -2.07. The second kappa shape index (κ2) is 5.93. The number of nitrogens with one attached hydrogen (secondary N) is 2. The molecule has 0 saturated heterocycles. The van der Waals surface area contributed by atoms with Crippen LogP contribution in [-0.2, 0) is 6.54 Å². The van der Waals surface area contributed by atoms with Gasteiger partial charge in [0.05, 0.1) is 0 Å². The van der Waals surface area contributed by atoms with Crippen molar-refractivity contribution in [3.05, 3.63) is 65.9 Å². The summed E-state index contributed by atoms with van der Waals surface area (Å²) < 4.78 is 2.24. The van der Waals surface area contributed by atoms with Gasteiger partial charge in [0.1, 0.15) is 0 Å². The number of carbonyl (C=O) groups is 1. The van der Waals surface area contributed by atoms with E-state index in [9.17, 15) is 4.79 Å². The molecule has 22 heavy (non-hydrogen) atoms. The summed E-state index contributed by atoms with van der Waals surface area (Å²) in [5.41, 5.74) is 4.44. The summed E-state index contributed by atoms with van der Waals surface area (Å²) in [5, 5.41) is 6.53. The molecule has 0 fully saturated rings. The smallest absolute Gasteiger partial charge is 0.318 e. The molecule has 1 heterocycles. The van der Waals surface area contributed by atoms with Crippen LogP contribution in [0.1, 0.15) is 11.1 Å². The van der Waals surface area contributed by atoms with Crippen LogP contribution in [0.4, 0.5) is 10.5 Å². The Morgan fingerprint density at radius 3 is 2.64 bits per heavy atom. The third-order valence-electron chi connectivity index (χ3n) is 3.76. The third-order valence-corrected chi connectivity index (χ3v) is 3.76. The molecular formula is C18H19N3O. The van der Waals surface area contributed by atoms with Gasteiger partial charge in [0.15, 0.2) is 0 Å². The second-order valence-corrected chi connectivity index (χ2v) is 5.36. The molecule has 0 unspecified atom stereocenters. The zero-order valence-corrected chi connectivity index (χ0v) is 12.8. The van der Waals surface area contributed by atoms with E-state index in [1.807, 2.05) is 18.2 Å². The molecule has 3 rings (SSSR count). The first-order valence-corrected chi connectivity index (χ1v) is 7.29. The summed E-state index contributed by atoms with van der Waals surface area (Å²) in [5.74, 6) is 0. The summed E-state index contributed by atoms with van der Waals surface area (Å²) in [7, 11) is 1.61. The van der Waals surface area contributed by atoms with E-state index in [4.69, 9.17) is 0 Å². The Morgan fingerprint density at radius 2 is 1.91 bits per heavy atom.